The Labute approximate surface area is 126 Å². The van der Waals surface area contributed by atoms with Crippen LogP contribution in [0.5, 0.6) is 0 Å². The predicted molar refractivity (Wildman–Crippen MR) is 83.1 cm³/mol. The maximum Gasteiger partial charge on any atom is 0.0595 e. The largest absolute Gasteiger partial charge is 0.309 e. The summed E-state index contributed by atoms with van der Waals surface area (Å²) in [6.45, 7) is 6.71. The molecule has 1 aromatic carbocycles. The monoisotopic (exact) mass is 300 g/mol. The third-order valence-electron chi connectivity index (χ3n) is 3.62. The van der Waals surface area contributed by atoms with E-state index in [9.17, 15) is 0 Å². The van der Waals surface area contributed by atoms with Crippen LogP contribution in [0.1, 0.15) is 31.7 Å². The molecule has 1 heterocycles. The molecule has 0 radical (unpaired) electrons. The van der Waals surface area contributed by atoms with E-state index in [0.717, 1.165) is 13.1 Å². The molecule has 1 aromatic rings. The number of hydrogen-bond donors (Lipinski definition) is 1. The fourth-order valence-corrected chi connectivity index (χ4v) is 2.86. The summed E-state index contributed by atoms with van der Waals surface area (Å²) in [5.41, 5.74) is 1.18. The van der Waals surface area contributed by atoms with E-state index < -0.39 is 0 Å². The molecule has 19 heavy (non-hydrogen) atoms. The molecule has 1 aliphatic rings. The molecule has 0 aromatic heterocycles. The molecule has 2 nitrogen and oxygen atoms in total. The van der Waals surface area contributed by atoms with Crippen LogP contribution in [0.25, 0.3) is 0 Å². The first-order valence-electron chi connectivity index (χ1n) is 7.05. The van der Waals surface area contributed by atoms with Crippen molar-refractivity contribution in [1.82, 2.24) is 10.2 Å². The zero-order valence-corrected chi connectivity index (χ0v) is 13.0. The fourth-order valence-electron chi connectivity index (χ4n) is 2.54. The summed E-state index contributed by atoms with van der Waals surface area (Å²) < 4.78 is 0. The highest BCUT2D eigenvalue weighted by Crippen LogP contribution is 2.22. The van der Waals surface area contributed by atoms with E-state index in [2.05, 4.69) is 17.1 Å². The Morgan fingerprint density at radius 3 is 2.58 bits per heavy atom. The maximum atomic E-state index is 6.02. The molecule has 1 fully saturated rings. The summed E-state index contributed by atoms with van der Waals surface area (Å²) in [5.74, 6) is 0. The molecule has 4 heteroatoms. The minimum atomic E-state index is 0.493. The van der Waals surface area contributed by atoms with Crippen molar-refractivity contribution in [2.45, 2.75) is 38.8 Å². The highest BCUT2D eigenvalue weighted by molar-refractivity contribution is 6.42. The number of nitrogens with zero attached hydrogens (tertiary/aromatic N) is 1. The van der Waals surface area contributed by atoms with Crippen LogP contribution in [-0.4, -0.2) is 30.6 Å². The standard InChI is InChI=1S/C15H22Cl2N2/c1-12(11-19-7-3-2-4-8-19)18-10-13-5-6-14(16)15(17)9-13/h5-6,9,12,18H,2-4,7-8,10-11H2,1H3. The van der Waals surface area contributed by atoms with Gasteiger partial charge >= 0.3 is 0 Å². The van der Waals surface area contributed by atoms with Gasteiger partial charge in [0.05, 0.1) is 10.0 Å². The van der Waals surface area contributed by atoms with Gasteiger partial charge in [-0.2, -0.15) is 0 Å². The summed E-state index contributed by atoms with van der Waals surface area (Å²) in [6, 6.07) is 6.31. The van der Waals surface area contributed by atoms with Crippen LogP contribution in [0, 0.1) is 0 Å². The first-order chi connectivity index (χ1) is 9.15. The summed E-state index contributed by atoms with van der Waals surface area (Å²) in [7, 11) is 0. The molecule has 0 spiro atoms. The summed E-state index contributed by atoms with van der Waals surface area (Å²) in [6.07, 6.45) is 4.08. The van der Waals surface area contributed by atoms with Crippen molar-refractivity contribution in [3.8, 4) is 0 Å². The van der Waals surface area contributed by atoms with Crippen molar-refractivity contribution >= 4 is 23.2 Å². The lowest BCUT2D eigenvalue weighted by molar-refractivity contribution is 0.209. The molecule has 1 unspecified atom stereocenters. The first-order valence-corrected chi connectivity index (χ1v) is 7.80. The highest BCUT2D eigenvalue weighted by Gasteiger charge is 2.13. The van der Waals surface area contributed by atoms with Gasteiger partial charge in [0.15, 0.2) is 0 Å². The minimum absolute atomic E-state index is 0.493. The summed E-state index contributed by atoms with van der Waals surface area (Å²) in [5, 5.41) is 4.80. The number of benzene rings is 1. The maximum absolute atomic E-state index is 6.02. The van der Waals surface area contributed by atoms with Gasteiger partial charge in [-0.3, -0.25) is 0 Å². The molecule has 1 atom stereocenters. The Hall–Kier alpha value is -0.280. The van der Waals surface area contributed by atoms with Gasteiger partial charge in [0.1, 0.15) is 0 Å². The Balaban J connectivity index is 1.75. The van der Waals surface area contributed by atoms with Gasteiger partial charge < -0.3 is 10.2 Å². The van der Waals surface area contributed by atoms with Gasteiger partial charge in [-0.25, -0.2) is 0 Å². The quantitative estimate of drug-likeness (QED) is 0.885. The number of piperidine rings is 1. The lowest BCUT2D eigenvalue weighted by atomic mass is 10.1. The molecule has 1 saturated heterocycles. The van der Waals surface area contributed by atoms with Crippen LogP contribution in [0.4, 0.5) is 0 Å². The number of hydrogen-bond acceptors (Lipinski definition) is 2. The predicted octanol–water partition coefficient (Wildman–Crippen LogP) is 3.96. The SMILES string of the molecule is CC(CN1CCCCC1)NCc1ccc(Cl)c(Cl)c1. The van der Waals surface area contributed by atoms with E-state index in [1.807, 2.05) is 18.2 Å². The van der Waals surface area contributed by atoms with E-state index >= 15 is 0 Å². The Kier molecular flexibility index (Phi) is 5.96. The lowest BCUT2D eigenvalue weighted by Crippen LogP contribution is -2.41. The van der Waals surface area contributed by atoms with Crippen LogP contribution in [-0.2, 0) is 6.54 Å². The lowest BCUT2D eigenvalue weighted by Gasteiger charge is -2.29. The third kappa shape index (κ3) is 4.96. The second kappa shape index (κ2) is 7.49. The zero-order valence-electron chi connectivity index (χ0n) is 11.5. The molecular weight excluding hydrogens is 279 g/mol. The van der Waals surface area contributed by atoms with Crippen LogP contribution in [0.2, 0.25) is 10.0 Å². The number of likely N-dealkylation sites (tertiary alicyclic amines) is 1. The number of nitrogens with one attached hydrogen (secondary N) is 1. The first kappa shape index (κ1) is 15.1. The summed E-state index contributed by atoms with van der Waals surface area (Å²) in [4.78, 5) is 2.55. The normalized spacial score (nSPS) is 18.5. The highest BCUT2D eigenvalue weighted by atomic mass is 35.5. The van der Waals surface area contributed by atoms with Crippen molar-refractivity contribution < 1.29 is 0 Å². The smallest absolute Gasteiger partial charge is 0.0595 e. The fraction of sp³-hybridized carbons (Fsp3) is 0.600. The van der Waals surface area contributed by atoms with E-state index in [0.29, 0.717) is 16.1 Å². The van der Waals surface area contributed by atoms with Crippen LogP contribution >= 0.6 is 23.2 Å². The molecule has 0 saturated carbocycles. The van der Waals surface area contributed by atoms with Crippen molar-refractivity contribution in [2.75, 3.05) is 19.6 Å². The van der Waals surface area contributed by atoms with Gasteiger partial charge in [-0.15, -0.1) is 0 Å². The molecule has 0 amide bonds. The van der Waals surface area contributed by atoms with Gasteiger partial charge in [-0.05, 0) is 50.6 Å². The number of halogens is 2. The summed E-state index contributed by atoms with van der Waals surface area (Å²) >= 11 is 11.9. The van der Waals surface area contributed by atoms with Gasteiger partial charge in [0, 0.05) is 19.1 Å². The zero-order chi connectivity index (χ0) is 13.7. The van der Waals surface area contributed by atoms with E-state index in [4.69, 9.17) is 23.2 Å². The Bertz CT molecular complexity index is 403. The van der Waals surface area contributed by atoms with E-state index in [1.54, 1.807) is 0 Å². The average molecular weight is 301 g/mol. The molecule has 2 rings (SSSR count). The van der Waals surface area contributed by atoms with Crippen LogP contribution in [0.3, 0.4) is 0 Å². The Morgan fingerprint density at radius 1 is 1.16 bits per heavy atom. The van der Waals surface area contributed by atoms with Crippen LogP contribution in [0.15, 0.2) is 18.2 Å². The Morgan fingerprint density at radius 2 is 1.89 bits per heavy atom. The third-order valence-corrected chi connectivity index (χ3v) is 4.36. The van der Waals surface area contributed by atoms with E-state index in [-0.39, 0.29) is 0 Å². The number of rotatable bonds is 5. The minimum Gasteiger partial charge on any atom is -0.309 e. The van der Waals surface area contributed by atoms with E-state index in [1.165, 1.54) is 37.9 Å². The van der Waals surface area contributed by atoms with Crippen molar-refractivity contribution in [3.05, 3.63) is 33.8 Å². The molecule has 1 N–H and O–H groups in total. The molecule has 1 aliphatic heterocycles. The van der Waals surface area contributed by atoms with Crippen molar-refractivity contribution in [1.29, 1.82) is 0 Å². The average Bonchev–Trinajstić information content (AvgIpc) is 2.41. The van der Waals surface area contributed by atoms with Crippen LogP contribution < -0.4 is 5.32 Å². The topological polar surface area (TPSA) is 15.3 Å². The second-order valence-electron chi connectivity index (χ2n) is 5.39. The van der Waals surface area contributed by atoms with Gasteiger partial charge in [-0.1, -0.05) is 35.7 Å². The molecular formula is C15H22Cl2N2. The van der Waals surface area contributed by atoms with Crippen molar-refractivity contribution in [2.24, 2.45) is 0 Å². The molecule has 0 bridgehead atoms. The molecule has 0 aliphatic carbocycles. The van der Waals surface area contributed by atoms with Crippen molar-refractivity contribution in [3.63, 3.8) is 0 Å². The second-order valence-corrected chi connectivity index (χ2v) is 6.21. The molecule has 106 valence electrons. The van der Waals surface area contributed by atoms with Gasteiger partial charge in [0.25, 0.3) is 0 Å². The van der Waals surface area contributed by atoms with Gasteiger partial charge in [0.2, 0.25) is 0 Å².